The van der Waals surface area contributed by atoms with Crippen LogP contribution in [-0.4, -0.2) is 11.5 Å². The van der Waals surface area contributed by atoms with E-state index in [2.05, 4.69) is 60.5 Å². The van der Waals surface area contributed by atoms with E-state index in [9.17, 15) is 0 Å². The second-order valence-corrected chi connectivity index (χ2v) is 5.74. The molecule has 0 unspecified atom stereocenters. The van der Waals surface area contributed by atoms with Crippen molar-refractivity contribution in [1.29, 1.82) is 0 Å². The molecular formula is C20H22N2O. The van der Waals surface area contributed by atoms with Gasteiger partial charge in [0.05, 0.1) is 6.20 Å². The third-order valence-electron chi connectivity index (χ3n) is 3.94. The first-order valence-corrected chi connectivity index (χ1v) is 8.08. The van der Waals surface area contributed by atoms with E-state index in [0.29, 0.717) is 5.89 Å². The van der Waals surface area contributed by atoms with Crippen molar-refractivity contribution < 1.29 is 4.42 Å². The third-order valence-corrected chi connectivity index (χ3v) is 3.94. The van der Waals surface area contributed by atoms with Gasteiger partial charge in [0.15, 0.2) is 0 Å². The Hall–Kier alpha value is -2.39. The van der Waals surface area contributed by atoms with Gasteiger partial charge in [-0.2, -0.15) is 0 Å². The quantitative estimate of drug-likeness (QED) is 0.664. The van der Waals surface area contributed by atoms with Crippen molar-refractivity contribution in [3.8, 4) is 22.6 Å². The Labute approximate surface area is 137 Å². The van der Waals surface area contributed by atoms with Crippen molar-refractivity contribution in [2.75, 3.05) is 6.54 Å². The van der Waals surface area contributed by atoms with Crippen molar-refractivity contribution in [1.82, 2.24) is 10.3 Å². The predicted molar refractivity (Wildman–Crippen MR) is 94.1 cm³/mol. The number of nitrogens with one attached hydrogen (secondary N) is 1. The van der Waals surface area contributed by atoms with Gasteiger partial charge in [0.25, 0.3) is 0 Å². The second kappa shape index (κ2) is 7.25. The van der Waals surface area contributed by atoms with Gasteiger partial charge >= 0.3 is 0 Å². The summed E-state index contributed by atoms with van der Waals surface area (Å²) in [5.41, 5.74) is 5.99. The maximum absolute atomic E-state index is 5.40. The summed E-state index contributed by atoms with van der Waals surface area (Å²) in [5.74, 6) is 0.659. The van der Waals surface area contributed by atoms with Crippen molar-refractivity contribution in [3.05, 3.63) is 66.1 Å². The summed E-state index contributed by atoms with van der Waals surface area (Å²) in [6.07, 6.45) is 4.44. The number of rotatable bonds is 6. The molecular weight excluding hydrogens is 284 g/mol. The standard InChI is InChI=1S/C20H22N2O/c1-3-10-21-14-16-5-8-17(9-6-16)19-13-18(7-4-15(19)2)20-22-11-12-23-20/h4-9,11-13,21H,3,10,14H2,1-2H3. The Morgan fingerprint density at radius 3 is 2.52 bits per heavy atom. The first-order valence-electron chi connectivity index (χ1n) is 8.08. The van der Waals surface area contributed by atoms with Crippen LogP contribution in [0.3, 0.4) is 0 Å². The lowest BCUT2D eigenvalue weighted by Gasteiger charge is -2.09. The van der Waals surface area contributed by atoms with Gasteiger partial charge in [-0.1, -0.05) is 37.3 Å². The lowest BCUT2D eigenvalue weighted by atomic mass is 9.97. The van der Waals surface area contributed by atoms with Crippen LogP contribution in [0.4, 0.5) is 0 Å². The Balaban J connectivity index is 1.84. The fourth-order valence-corrected chi connectivity index (χ4v) is 2.64. The normalized spacial score (nSPS) is 10.9. The number of hydrogen-bond donors (Lipinski definition) is 1. The van der Waals surface area contributed by atoms with Gasteiger partial charge in [0.2, 0.25) is 5.89 Å². The summed E-state index contributed by atoms with van der Waals surface area (Å²) in [6.45, 7) is 6.29. The highest BCUT2D eigenvalue weighted by molar-refractivity contribution is 5.72. The zero-order valence-corrected chi connectivity index (χ0v) is 13.7. The van der Waals surface area contributed by atoms with Crippen LogP contribution in [-0.2, 0) is 6.54 Å². The molecule has 0 bridgehead atoms. The fourth-order valence-electron chi connectivity index (χ4n) is 2.64. The Morgan fingerprint density at radius 1 is 1.04 bits per heavy atom. The topological polar surface area (TPSA) is 38.1 Å². The van der Waals surface area contributed by atoms with E-state index in [0.717, 1.165) is 25.1 Å². The number of oxazole rings is 1. The average Bonchev–Trinajstić information content (AvgIpc) is 3.11. The van der Waals surface area contributed by atoms with Crippen LogP contribution >= 0.6 is 0 Å². The smallest absolute Gasteiger partial charge is 0.225 e. The minimum atomic E-state index is 0.659. The van der Waals surface area contributed by atoms with Crippen molar-refractivity contribution in [2.24, 2.45) is 0 Å². The molecule has 1 N–H and O–H groups in total. The maximum Gasteiger partial charge on any atom is 0.225 e. The predicted octanol–water partition coefficient (Wildman–Crippen LogP) is 4.82. The molecule has 0 aliphatic rings. The molecule has 0 fully saturated rings. The van der Waals surface area contributed by atoms with E-state index in [1.54, 1.807) is 12.5 Å². The molecule has 23 heavy (non-hydrogen) atoms. The van der Waals surface area contributed by atoms with Crippen LogP contribution in [0.15, 0.2) is 59.3 Å². The summed E-state index contributed by atoms with van der Waals surface area (Å²) in [5, 5.41) is 3.43. The highest BCUT2D eigenvalue weighted by Crippen LogP contribution is 2.28. The number of aromatic nitrogens is 1. The van der Waals surface area contributed by atoms with Gasteiger partial charge in [-0.05, 0) is 54.3 Å². The van der Waals surface area contributed by atoms with Gasteiger partial charge in [-0.3, -0.25) is 0 Å². The molecule has 0 radical (unpaired) electrons. The minimum absolute atomic E-state index is 0.659. The van der Waals surface area contributed by atoms with Gasteiger partial charge in [-0.15, -0.1) is 0 Å². The largest absolute Gasteiger partial charge is 0.445 e. The minimum Gasteiger partial charge on any atom is -0.445 e. The highest BCUT2D eigenvalue weighted by Gasteiger charge is 2.08. The van der Waals surface area contributed by atoms with E-state index in [-0.39, 0.29) is 0 Å². The number of aryl methyl sites for hydroxylation is 1. The summed E-state index contributed by atoms with van der Waals surface area (Å²) >= 11 is 0. The third kappa shape index (κ3) is 3.69. The van der Waals surface area contributed by atoms with Gasteiger partial charge in [-0.25, -0.2) is 4.98 Å². The highest BCUT2D eigenvalue weighted by atomic mass is 16.3. The second-order valence-electron chi connectivity index (χ2n) is 5.74. The van der Waals surface area contributed by atoms with Crippen LogP contribution in [0.5, 0.6) is 0 Å². The van der Waals surface area contributed by atoms with Crippen molar-refractivity contribution in [2.45, 2.75) is 26.8 Å². The molecule has 3 nitrogen and oxygen atoms in total. The van der Waals surface area contributed by atoms with Crippen molar-refractivity contribution >= 4 is 0 Å². The number of hydrogen-bond acceptors (Lipinski definition) is 3. The average molecular weight is 306 g/mol. The zero-order valence-electron chi connectivity index (χ0n) is 13.7. The van der Waals surface area contributed by atoms with Crippen LogP contribution in [0.1, 0.15) is 24.5 Å². The van der Waals surface area contributed by atoms with Gasteiger partial charge in [0, 0.05) is 12.1 Å². The summed E-state index contributed by atoms with van der Waals surface area (Å²) in [4.78, 5) is 4.23. The molecule has 0 aliphatic heterocycles. The van der Waals surface area contributed by atoms with E-state index in [4.69, 9.17) is 4.42 Å². The zero-order chi connectivity index (χ0) is 16.1. The van der Waals surface area contributed by atoms with Crippen LogP contribution < -0.4 is 5.32 Å². The van der Waals surface area contributed by atoms with Gasteiger partial charge < -0.3 is 9.73 Å². The lowest BCUT2D eigenvalue weighted by Crippen LogP contribution is -2.13. The Bertz CT molecular complexity index is 746. The van der Waals surface area contributed by atoms with Crippen LogP contribution in [0, 0.1) is 6.92 Å². The van der Waals surface area contributed by atoms with Crippen LogP contribution in [0.2, 0.25) is 0 Å². The number of nitrogens with zero attached hydrogens (tertiary/aromatic N) is 1. The molecule has 0 saturated heterocycles. The SMILES string of the molecule is CCCNCc1ccc(-c2cc(-c3ncco3)ccc2C)cc1. The lowest BCUT2D eigenvalue weighted by molar-refractivity contribution is 0.574. The van der Waals surface area contributed by atoms with Gasteiger partial charge in [0.1, 0.15) is 6.26 Å². The molecule has 3 aromatic rings. The molecule has 1 heterocycles. The monoisotopic (exact) mass is 306 g/mol. The molecule has 2 aromatic carbocycles. The molecule has 0 atom stereocenters. The summed E-state index contributed by atoms with van der Waals surface area (Å²) in [6, 6.07) is 15.1. The van der Waals surface area contributed by atoms with E-state index < -0.39 is 0 Å². The first kappa shape index (κ1) is 15.5. The molecule has 3 rings (SSSR count). The van der Waals surface area contributed by atoms with Crippen LogP contribution in [0.25, 0.3) is 22.6 Å². The Kier molecular flexibility index (Phi) is 4.89. The molecule has 118 valence electrons. The molecule has 0 aliphatic carbocycles. The fraction of sp³-hybridized carbons (Fsp3) is 0.250. The maximum atomic E-state index is 5.40. The molecule has 0 saturated carbocycles. The first-order chi connectivity index (χ1) is 11.3. The van der Waals surface area contributed by atoms with E-state index >= 15 is 0 Å². The molecule has 1 aromatic heterocycles. The molecule has 0 amide bonds. The summed E-state index contributed by atoms with van der Waals surface area (Å²) in [7, 11) is 0. The Morgan fingerprint density at radius 2 is 1.83 bits per heavy atom. The molecule has 3 heteroatoms. The molecule has 0 spiro atoms. The summed E-state index contributed by atoms with van der Waals surface area (Å²) < 4.78 is 5.40. The van der Waals surface area contributed by atoms with E-state index in [1.165, 1.54) is 22.3 Å². The van der Waals surface area contributed by atoms with E-state index in [1.807, 2.05) is 6.07 Å². The van der Waals surface area contributed by atoms with Crippen molar-refractivity contribution in [3.63, 3.8) is 0 Å². The number of benzene rings is 2.